The van der Waals surface area contributed by atoms with Crippen LogP contribution in [0.15, 0.2) is 18.5 Å². The molecule has 0 bridgehead atoms. The van der Waals surface area contributed by atoms with Crippen LogP contribution in [-0.4, -0.2) is 24.5 Å². The minimum absolute atomic E-state index is 0.0768. The molecule has 0 atom stereocenters. The minimum atomic E-state index is -0.0768. The van der Waals surface area contributed by atoms with E-state index in [2.05, 4.69) is 36.1 Å². The summed E-state index contributed by atoms with van der Waals surface area (Å²) in [6.45, 7) is 6.93. The zero-order valence-corrected chi connectivity index (χ0v) is 10.5. The normalized spacial score (nSPS) is 11.9. The standard InChI is InChI=1S/C10H15N5S/c1-10(2,3)15-8(12-13-9(15)16)7-14-6-4-5-11-14/h4-6H,7H2,1-3H3,(H,13,16). The Kier molecular flexibility index (Phi) is 2.67. The summed E-state index contributed by atoms with van der Waals surface area (Å²) in [7, 11) is 0. The Morgan fingerprint density at radius 2 is 2.19 bits per heavy atom. The highest BCUT2D eigenvalue weighted by Gasteiger charge is 2.19. The van der Waals surface area contributed by atoms with Gasteiger partial charge < -0.3 is 0 Å². The molecule has 0 amide bonds. The molecule has 0 unspecified atom stereocenters. The van der Waals surface area contributed by atoms with E-state index in [1.54, 1.807) is 6.20 Å². The first-order valence-corrected chi connectivity index (χ1v) is 5.53. The average Bonchev–Trinajstić information content (AvgIpc) is 2.75. The molecule has 0 aliphatic carbocycles. The Morgan fingerprint density at radius 3 is 2.75 bits per heavy atom. The second-order valence-electron chi connectivity index (χ2n) is 4.65. The summed E-state index contributed by atoms with van der Waals surface area (Å²) >= 11 is 5.23. The summed E-state index contributed by atoms with van der Waals surface area (Å²) in [6, 6.07) is 1.89. The second-order valence-corrected chi connectivity index (χ2v) is 5.04. The highest BCUT2D eigenvalue weighted by Crippen LogP contribution is 2.16. The fourth-order valence-electron chi connectivity index (χ4n) is 1.67. The molecule has 86 valence electrons. The number of rotatable bonds is 2. The Labute approximate surface area is 99.1 Å². The van der Waals surface area contributed by atoms with Crippen molar-refractivity contribution < 1.29 is 0 Å². The molecule has 5 nitrogen and oxygen atoms in total. The lowest BCUT2D eigenvalue weighted by molar-refractivity contribution is 0.372. The van der Waals surface area contributed by atoms with Crippen LogP contribution < -0.4 is 0 Å². The van der Waals surface area contributed by atoms with Gasteiger partial charge in [-0.05, 0) is 39.1 Å². The molecule has 2 aromatic rings. The van der Waals surface area contributed by atoms with Crippen LogP contribution in [0.4, 0.5) is 0 Å². The van der Waals surface area contributed by atoms with E-state index in [1.165, 1.54) is 0 Å². The van der Waals surface area contributed by atoms with Crippen LogP contribution in [0, 0.1) is 4.77 Å². The fraction of sp³-hybridized carbons (Fsp3) is 0.500. The van der Waals surface area contributed by atoms with Gasteiger partial charge in [-0.2, -0.15) is 10.2 Å². The van der Waals surface area contributed by atoms with E-state index in [0.717, 1.165) is 5.82 Å². The monoisotopic (exact) mass is 237 g/mol. The minimum Gasteiger partial charge on any atom is -0.297 e. The van der Waals surface area contributed by atoms with Crippen LogP contribution in [-0.2, 0) is 12.1 Å². The molecule has 0 saturated heterocycles. The van der Waals surface area contributed by atoms with Gasteiger partial charge in [-0.3, -0.25) is 14.3 Å². The third kappa shape index (κ3) is 2.06. The van der Waals surface area contributed by atoms with Gasteiger partial charge >= 0.3 is 0 Å². The van der Waals surface area contributed by atoms with Crippen LogP contribution in [0.3, 0.4) is 0 Å². The third-order valence-electron chi connectivity index (χ3n) is 2.28. The molecule has 0 radical (unpaired) electrons. The molecule has 16 heavy (non-hydrogen) atoms. The molecule has 0 saturated carbocycles. The lowest BCUT2D eigenvalue weighted by atomic mass is 10.1. The van der Waals surface area contributed by atoms with E-state index in [-0.39, 0.29) is 5.54 Å². The van der Waals surface area contributed by atoms with Gasteiger partial charge in [0.25, 0.3) is 0 Å². The van der Waals surface area contributed by atoms with Crippen LogP contribution in [0.1, 0.15) is 26.6 Å². The number of hydrogen-bond acceptors (Lipinski definition) is 3. The molecule has 2 heterocycles. The zero-order valence-electron chi connectivity index (χ0n) is 9.64. The van der Waals surface area contributed by atoms with E-state index < -0.39 is 0 Å². The molecule has 2 rings (SSSR count). The van der Waals surface area contributed by atoms with E-state index in [9.17, 15) is 0 Å². The van der Waals surface area contributed by atoms with Gasteiger partial charge in [-0.25, -0.2) is 0 Å². The summed E-state index contributed by atoms with van der Waals surface area (Å²) < 4.78 is 4.49. The summed E-state index contributed by atoms with van der Waals surface area (Å²) in [5.41, 5.74) is -0.0768. The molecule has 6 heteroatoms. The fourth-order valence-corrected chi connectivity index (χ4v) is 2.09. The van der Waals surface area contributed by atoms with Crippen molar-refractivity contribution in [1.29, 1.82) is 0 Å². The van der Waals surface area contributed by atoms with Crippen molar-refractivity contribution in [3.63, 3.8) is 0 Å². The lowest BCUT2D eigenvalue weighted by Gasteiger charge is -2.22. The molecular formula is C10H15N5S. The van der Waals surface area contributed by atoms with E-state index in [4.69, 9.17) is 12.2 Å². The molecule has 0 spiro atoms. The van der Waals surface area contributed by atoms with Crippen LogP contribution >= 0.6 is 12.2 Å². The van der Waals surface area contributed by atoms with Crippen LogP contribution in [0.5, 0.6) is 0 Å². The van der Waals surface area contributed by atoms with Crippen molar-refractivity contribution in [3.8, 4) is 0 Å². The molecular weight excluding hydrogens is 222 g/mol. The van der Waals surface area contributed by atoms with Crippen molar-refractivity contribution >= 4 is 12.2 Å². The second kappa shape index (κ2) is 3.86. The predicted molar refractivity (Wildman–Crippen MR) is 63.7 cm³/mol. The molecule has 0 aliphatic rings. The number of aromatic nitrogens is 5. The van der Waals surface area contributed by atoms with Crippen molar-refractivity contribution in [2.45, 2.75) is 32.9 Å². The first kappa shape index (κ1) is 11.1. The first-order chi connectivity index (χ1) is 7.48. The van der Waals surface area contributed by atoms with Crippen molar-refractivity contribution in [2.24, 2.45) is 0 Å². The van der Waals surface area contributed by atoms with Gasteiger partial charge in [-0.15, -0.1) is 0 Å². The van der Waals surface area contributed by atoms with Crippen LogP contribution in [0.25, 0.3) is 0 Å². The molecule has 1 N–H and O–H groups in total. The van der Waals surface area contributed by atoms with Gasteiger partial charge in [0.15, 0.2) is 10.6 Å². The van der Waals surface area contributed by atoms with E-state index in [0.29, 0.717) is 11.3 Å². The molecule has 0 aliphatic heterocycles. The SMILES string of the molecule is CC(C)(C)n1c(Cn2cccn2)n[nH]c1=S. The highest BCUT2D eigenvalue weighted by atomic mass is 32.1. The number of hydrogen-bond donors (Lipinski definition) is 1. The van der Waals surface area contributed by atoms with Crippen molar-refractivity contribution in [1.82, 2.24) is 24.5 Å². The van der Waals surface area contributed by atoms with Crippen molar-refractivity contribution in [3.05, 3.63) is 29.1 Å². The third-order valence-corrected chi connectivity index (χ3v) is 2.55. The average molecular weight is 237 g/mol. The maximum atomic E-state index is 5.23. The van der Waals surface area contributed by atoms with Crippen LogP contribution in [0.2, 0.25) is 0 Å². The van der Waals surface area contributed by atoms with Gasteiger partial charge in [-0.1, -0.05) is 0 Å². The summed E-state index contributed by atoms with van der Waals surface area (Å²) in [5, 5.41) is 11.2. The van der Waals surface area contributed by atoms with Gasteiger partial charge in [0.1, 0.15) is 6.54 Å². The van der Waals surface area contributed by atoms with Crippen molar-refractivity contribution in [2.75, 3.05) is 0 Å². The quantitative estimate of drug-likeness (QED) is 0.812. The Morgan fingerprint density at radius 1 is 1.44 bits per heavy atom. The first-order valence-electron chi connectivity index (χ1n) is 5.13. The Hall–Kier alpha value is -1.43. The maximum absolute atomic E-state index is 5.23. The van der Waals surface area contributed by atoms with Gasteiger partial charge in [0, 0.05) is 17.9 Å². The zero-order chi connectivity index (χ0) is 11.8. The predicted octanol–water partition coefficient (Wildman–Crippen LogP) is 1.94. The smallest absolute Gasteiger partial charge is 0.195 e. The van der Waals surface area contributed by atoms with E-state index in [1.807, 2.05) is 21.5 Å². The molecule has 0 fully saturated rings. The summed E-state index contributed by atoms with van der Waals surface area (Å²) in [6.07, 6.45) is 3.66. The van der Waals surface area contributed by atoms with Gasteiger partial charge in [0.2, 0.25) is 0 Å². The largest absolute Gasteiger partial charge is 0.297 e. The number of nitrogens with one attached hydrogen (secondary N) is 1. The van der Waals surface area contributed by atoms with E-state index >= 15 is 0 Å². The Bertz CT molecular complexity index is 514. The molecule has 0 aromatic carbocycles. The number of H-pyrrole nitrogens is 1. The molecule has 2 aromatic heterocycles. The maximum Gasteiger partial charge on any atom is 0.195 e. The highest BCUT2D eigenvalue weighted by molar-refractivity contribution is 7.71. The topological polar surface area (TPSA) is 51.4 Å². The lowest BCUT2D eigenvalue weighted by Crippen LogP contribution is -2.25. The summed E-state index contributed by atoms with van der Waals surface area (Å²) in [5.74, 6) is 0.890. The number of nitrogens with zero attached hydrogens (tertiary/aromatic N) is 4. The Balaban J connectivity index is 2.39. The summed E-state index contributed by atoms with van der Waals surface area (Å²) in [4.78, 5) is 0. The van der Waals surface area contributed by atoms with Gasteiger partial charge in [0.05, 0.1) is 0 Å². The number of aromatic amines is 1.